The molecule has 0 spiro atoms. The molecular weight excluding hydrogens is 210 g/mol. The van der Waals surface area contributed by atoms with Gasteiger partial charge in [-0.1, -0.05) is 6.92 Å². The van der Waals surface area contributed by atoms with Crippen molar-refractivity contribution in [2.45, 2.75) is 32.7 Å². The largest absolute Gasteiger partial charge is 0.399 e. The van der Waals surface area contributed by atoms with E-state index in [1.807, 2.05) is 12.1 Å². The van der Waals surface area contributed by atoms with Gasteiger partial charge >= 0.3 is 0 Å². The molecule has 0 bridgehead atoms. The molecule has 1 heterocycles. The van der Waals surface area contributed by atoms with E-state index in [0.29, 0.717) is 6.04 Å². The molecule has 1 saturated heterocycles. The Morgan fingerprint density at radius 1 is 1.41 bits per heavy atom. The van der Waals surface area contributed by atoms with Gasteiger partial charge < -0.3 is 11.1 Å². The van der Waals surface area contributed by atoms with Crippen LogP contribution in [0.2, 0.25) is 0 Å². The van der Waals surface area contributed by atoms with Crippen LogP contribution in [0.1, 0.15) is 25.3 Å². The molecule has 1 aromatic carbocycles. The number of nitrogens with two attached hydrogens (primary N) is 1. The third-order valence-electron chi connectivity index (χ3n) is 3.55. The van der Waals surface area contributed by atoms with Crippen molar-refractivity contribution in [3.8, 4) is 0 Å². The molecule has 1 atom stereocenters. The molecule has 0 aromatic heterocycles. The second-order valence-corrected chi connectivity index (χ2v) is 4.94. The molecular formula is C14H23N3. The smallest absolute Gasteiger partial charge is 0.0364 e. The summed E-state index contributed by atoms with van der Waals surface area (Å²) < 4.78 is 0. The fourth-order valence-electron chi connectivity index (χ4n) is 2.69. The van der Waals surface area contributed by atoms with Crippen LogP contribution in [0.15, 0.2) is 18.2 Å². The molecule has 1 unspecified atom stereocenters. The van der Waals surface area contributed by atoms with E-state index in [9.17, 15) is 0 Å². The van der Waals surface area contributed by atoms with Crippen LogP contribution in [0.25, 0.3) is 0 Å². The highest BCUT2D eigenvalue weighted by Gasteiger charge is 2.22. The Kier molecular flexibility index (Phi) is 3.89. The monoisotopic (exact) mass is 233 g/mol. The van der Waals surface area contributed by atoms with Gasteiger partial charge in [0.15, 0.2) is 0 Å². The summed E-state index contributed by atoms with van der Waals surface area (Å²) in [5, 5.41) is 3.51. The first-order valence-corrected chi connectivity index (χ1v) is 6.54. The predicted molar refractivity (Wildman–Crippen MR) is 74.4 cm³/mol. The standard InChI is InChI=1S/C14H23N3/c1-3-17-6-4-5-14(17)10-16-13-8-11(2)7-12(15)9-13/h7-9,14,16H,3-6,10,15H2,1-2H3. The van der Waals surface area contributed by atoms with Crippen LogP contribution in [-0.4, -0.2) is 30.6 Å². The summed E-state index contributed by atoms with van der Waals surface area (Å²) >= 11 is 0. The van der Waals surface area contributed by atoms with Crippen molar-refractivity contribution in [1.29, 1.82) is 0 Å². The van der Waals surface area contributed by atoms with Gasteiger partial charge in [0.1, 0.15) is 0 Å². The number of aryl methyl sites for hydroxylation is 1. The number of likely N-dealkylation sites (tertiary alicyclic amines) is 1. The summed E-state index contributed by atoms with van der Waals surface area (Å²) in [5.41, 5.74) is 9.04. The van der Waals surface area contributed by atoms with Crippen molar-refractivity contribution >= 4 is 11.4 Å². The van der Waals surface area contributed by atoms with E-state index in [4.69, 9.17) is 5.73 Å². The molecule has 0 radical (unpaired) electrons. The van der Waals surface area contributed by atoms with Gasteiger partial charge in [-0.2, -0.15) is 0 Å². The van der Waals surface area contributed by atoms with Crippen LogP contribution in [0.4, 0.5) is 11.4 Å². The minimum atomic E-state index is 0.682. The summed E-state index contributed by atoms with van der Waals surface area (Å²) in [6, 6.07) is 6.85. The number of nitrogen functional groups attached to an aromatic ring is 1. The highest BCUT2D eigenvalue weighted by molar-refractivity contribution is 5.56. The van der Waals surface area contributed by atoms with Crippen LogP contribution in [0, 0.1) is 6.92 Å². The van der Waals surface area contributed by atoms with Gasteiger partial charge in [-0.05, 0) is 56.6 Å². The fourth-order valence-corrected chi connectivity index (χ4v) is 2.69. The molecule has 2 rings (SSSR count). The lowest BCUT2D eigenvalue weighted by Crippen LogP contribution is -2.34. The first-order valence-electron chi connectivity index (χ1n) is 6.54. The van der Waals surface area contributed by atoms with E-state index < -0.39 is 0 Å². The number of benzene rings is 1. The Labute approximate surface area is 104 Å². The van der Waals surface area contributed by atoms with Gasteiger partial charge in [0, 0.05) is 24.0 Å². The number of rotatable bonds is 4. The van der Waals surface area contributed by atoms with Crippen LogP contribution >= 0.6 is 0 Å². The summed E-state index contributed by atoms with van der Waals surface area (Å²) in [5.74, 6) is 0. The zero-order valence-corrected chi connectivity index (χ0v) is 10.9. The van der Waals surface area contributed by atoms with E-state index in [0.717, 1.165) is 24.5 Å². The number of nitrogens with one attached hydrogen (secondary N) is 1. The SMILES string of the molecule is CCN1CCCC1CNc1cc(C)cc(N)c1. The van der Waals surface area contributed by atoms with E-state index in [2.05, 4.69) is 30.1 Å². The van der Waals surface area contributed by atoms with Crippen LogP contribution in [-0.2, 0) is 0 Å². The Hall–Kier alpha value is -1.22. The van der Waals surface area contributed by atoms with Crippen LogP contribution < -0.4 is 11.1 Å². The topological polar surface area (TPSA) is 41.3 Å². The van der Waals surface area contributed by atoms with Crippen molar-refractivity contribution in [3.05, 3.63) is 23.8 Å². The molecule has 0 saturated carbocycles. The molecule has 1 aliphatic rings. The molecule has 3 nitrogen and oxygen atoms in total. The zero-order valence-electron chi connectivity index (χ0n) is 10.9. The normalized spacial score (nSPS) is 20.7. The average Bonchev–Trinajstić information content (AvgIpc) is 2.72. The maximum Gasteiger partial charge on any atom is 0.0364 e. The molecule has 1 aliphatic heterocycles. The lowest BCUT2D eigenvalue weighted by molar-refractivity contribution is 0.277. The van der Waals surface area contributed by atoms with Gasteiger partial charge in [0.2, 0.25) is 0 Å². The number of hydrogen-bond donors (Lipinski definition) is 2. The summed E-state index contributed by atoms with van der Waals surface area (Å²) in [7, 11) is 0. The minimum absolute atomic E-state index is 0.682. The van der Waals surface area contributed by atoms with Gasteiger partial charge in [-0.3, -0.25) is 4.90 Å². The third kappa shape index (κ3) is 3.13. The summed E-state index contributed by atoms with van der Waals surface area (Å²) in [4.78, 5) is 2.55. The first-order chi connectivity index (χ1) is 8.19. The molecule has 17 heavy (non-hydrogen) atoms. The van der Waals surface area contributed by atoms with Crippen molar-refractivity contribution in [1.82, 2.24) is 4.90 Å². The Morgan fingerprint density at radius 2 is 2.24 bits per heavy atom. The second-order valence-electron chi connectivity index (χ2n) is 4.94. The summed E-state index contributed by atoms with van der Waals surface area (Å²) in [6.07, 6.45) is 2.64. The summed E-state index contributed by atoms with van der Waals surface area (Å²) in [6.45, 7) is 7.75. The molecule has 1 aromatic rings. The molecule has 0 aliphatic carbocycles. The van der Waals surface area contributed by atoms with Crippen molar-refractivity contribution in [2.24, 2.45) is 0 Å². The molecule has 94 valence electrons. The maximum absolute atomic E-state index is 5.85. The maximum atomic E-state index is 5.85. The highest BCUT2D eigenvalue weighted by Crippen LogP contribution is 2.19. The van der Waals surface area contributed by atoms with Crippen molar-refractivity contribution in [3.63, 3.8) is 0 Å². The number of nitrogens with zero attached hydrogens (tertiary/aromatic N) is 1. The lowest BCUT2D eigenvalue weighted by Gasteiger charge is -2.23. The highest BCUT2D eigenvalue weighted by atomic mass is 15.2. The molecule has 0 amide bonds. The second kappa shape index (κ2) is 5.41. The fraction of sp³-hybridized carbons (Fsp3) is 0.571. The predicted octanol–water partition coefficient (Wildman–Crippen LogP) is 2.47. The van der Waals surface area contributed by atoms with Gasteiger partial charge in [-0.15, -0.1) is 0 Å². The van der Waals surface area contributed by atoms with E-state index in [-0.39, 0.29) is 0 Å². The first kappa shape index (κ1) is 12.2. The molecule has 3 N–H and O–H groups in total. The lowest BCUT2D eigenvalue weighted by atomic mass is 10.1. The average molecular weight is 233 g/mol. The zero-order chi connectivity index (χ0) is 12.3. The van der Waals surface area contributed by atoms with Crippen molar-refractivity contribution < 1.29 is 0 Å². The van der Waals surface area contributed by atoms with Crippen molar-refractivity contribution in [2.75, 3.05) is 30.7 Å². The van der Waals surface area contributed by atoms with E-state index in [1.54, 1.807) is 0 Å². The van der Waals surface area contributed by atoms with Crippen LogP contribution in [0.5, 0.6) is 0 Å². The van der Waals surface area contributed by atoms with E-state index >= 15 is 0 Å². The number of anilines is 2. The number of hydrogen-bond acceptors (Lipinski definition) is 3. The van der Waals surface area contributed by atoms with Gasteiger partial charge in [0.25, 0.3) is 0 Å². The Morgan fingerprint density at radius 3 is 2.94 bits per heavy atom. The van der Waals surface area contributed by atoms with Crippen LogP contribution in [0.3, 0.4) is 0 Å². The quantitative estimate of drug-likeness (QED) is 0.785. The molecule has 3 heteroatoms. The van der Waals surface area contributed by atoms with E-state index in [1.165, 1.54) is 24.9 Å². The third-order valence-corrected chi connectivity index (χ3v) is 3.55. The molecule has 1 fully saturated rings. The Balaban J connectivity index is 1.93. The Bertz CT molecular complexity index is 355. The minimum Gasteiger partial charge on any atom is -0.399 e. The van der Waals surface area contributed by atoms with Gasteiger partial charge in [-0.25, -0.2) is 0 Å². The van der Waals surface area contributed by atoms with Gasteiger partial charge in [0.05, 0.1) is 0 Å². The number of likely N-dealkylation sites (N-methyl/N-ethyl adjacent to an activating group) is 1.